The van der Waals surface area contributed by atoms with Crippen LogP contribution >= 0.6 is 23.2 Å². The highest BCUT2D eigenvalue weighted by atomic mass is 35.5. The van der Waals surface area contributed by atoms with Gasteiger partial charge in [0.05, 0.1) is 23.8 Å². The summed E-state index contributed by atoms with van der Waals surface area (Å²) in [5, 5.41) is 3.48. The van der Waals surface area contributed by atoms with Crippen LogP contribution in [0.5, 0.6) is 5.75 Å². The molecule has 0 aliphatic heterocycles. The number of esters is 2. The van der Waals surface area contributed by atoms with E-state index in [1.54, 1.807) is 42.5 Å². The Bertz CT molecular complexity index is 901. The quantitative estimate of drug-likeness (QED) is 0.373. The fraction of sp³-hybridized carbons (Fsp3) is 0.318. The van der Waals surface area contributed by atoms with Crippen molar-refractivity contribution < 1.29 is 28.6 Å². The minimum Gasteiger partial charge on any atom is -0.492 e. The molecule has 0 aliphatic rings. The van der Waals surface area contributed by atoms with Crippen molar-refractivity contribution in [3.63, 3.8) is 0 Å². The number of benzene rings is 2. The smallest absolute Gasteiger partial charge is 0.338 e. The monoisotopic (exact) mass is 467 g/mol. The molecule has 0 saturated heterocycles. The Balaban J connectivity index is 1.65. The largest absolute Gasteiger partial charge is 0.492 e. The van der Waals surface area contributed by atoms with E-state index in [9.17, 15) is 14.4 Å². The van der Waals surface area contributed by atoms with Crippen LogP contribution in [0.4, 0.5) is 5.69 Å². The highest BCUT2D eigenvalue weighted by Gasteiger charge is 2.10. The van der Waals surface area contributed by atoms with Crippen LogP contribution in [0, 0.1) is 0 Å². The first kappa shape index (κ1) is 24.5. The standard InChI is InChI=1S/C22H23Cl2NO6/c1-2-11-30-22(28)15-5-8-17(9-6-15)25-20(26)14-31-21(27)4-3-12-29-19-10-7-16(23)13-18(19)24/h5-10,13H,2-4,11-12,14H2,1H3,(H,25,26). The number of nitrogens with one attached hydrogen (secondary N) is 1. The van der Waals surface area contributed by atoms with Gasteiger partial charge in [-0.15, -0.1) is 0 Å². The molecular formula is C22H23Cl2NO6. The number of carbonyl (C=O) groups is 3. The fourth-order valence-electron chi connectivity index (χ4n) is 2.37. The van der Waals surface area contributed by atoms with Crippen LogP contribution in [-0.4, -0.2) is 37.7 Å². The van der Waals surface area contributed by atoms with Crippen LogP contribution in [0.3, 0.4) is 0 Å². The van der Waals surface area contributed by atoms with Crippen LogP contribution in [-0.2, 0) is 19.1 Å². The summed E-state index contributed by atoms with van der Waals surface area (Å²) in [6.07, 6.45) is 1.23. The lowest BCUT2D eigenvalue weighted by atomic mass is 10.2. The average molecular weight is 468 g/mol. The molecule has 2 rings (SSSR count). The van der Waals surface area contributed by atoms with Crippen molar-refractivity contribution in [1.82, 2.24) is 0 Å². The van der Waals surface area contributed by atoms with Gasteiger partial charge in [-0.2, -0.15) is 0 Å². The molecule has 7 nitrogen and oxygen atoms in total. The summed E-state index contributed by atoms with van der Waals surface area (Å²) in [4.78, 5) is 35.4. The first-order valence-corrected chi connectivity index (χ1v) is 10.4. The van der Waals surface area contributed by atoms with E-state index in [4.69, 9.17) is 37.4 Å². The summed E-state index contributed by atoms with van der Waals surface area (Å²) in [6.45, 7) is 2.10. The minimum atomic E-state index is -0.519. The van der Waals surface area contributed by atoms with Crippen molar-refractivity contribution in [3.05, 3.63) is 58.1 Å². The van der Waals surface area contributed by atoms with Crippen LogP contribution in [0.15, 0.2) is 42.5 Å². The van der Waals surface area contributed by atoms with E-state index in [0.29, 0.717) is 40.1 Å². The second-order valence-electron chi connectivity index (χ2n) is 6.45. The van der Waals surface area contributed by atoms with E-state index in [0.717, 1.165) is 6.42 Å². The van der Waals surface area contributed by atoms with Gasteiger partial charge in [0.15, 0.2) is 6.61 Å². The van der Waals surface area contributed by atoms with Gasteiger partial charge in [-0.25, -0.2) is 4.79 Å². The topological polar surface area (TPSA) is 90.9 Å². The number of ether oxygens (including phenoxy) is 3. The van der Waals surface area contributed by atoms with Crippen molar-refractivity contribution in [1.29, 1.82) is 0 Å². The number of carbonyl (C=O) groups excluding carboxylic acids is 3. The molecule has 0 aliphatic carbocycles. The third kappa shape index (κ3) is 8.86. The Kier molecular flexibility index (Phi) is 10.1. The van der Waals surface area contributed by atoms with Crippen molar-refractivity contribution in [2.45, 2.75) is 26.2 Å². The molecule has 0 spiro atoms. The van der Waals surface area contributed by atoms with Gasteiger partial charge in [0.1, 0.15) is 5.75 Å². The number of rotatable bonds is 11. The molecule has 31 heavy (non-hydrogen) atoms. The van der Waals surface area contributed by atoms with E-state index in [2.05, 4.69) is 5.32 Å². The Morgan fingerprint density at radius 3 is 2.39 bits per heavy atom. The molecule has 1 amide bonds. The highest BCUT2D eigenvalue weighted by molar-refractivity contribution is 6.35. The Labute approximate surface area is 190 Å². The van der Waals surface area contributed by atoms with E-state index < -0.39 is 24.5 Å². The maximum atomic E-state index is 11.9. The third-order valence-electron chi connectivity index (χ3n) is 3.88. The summed E-state index contributed by atoms with van der Waals surface area (Å²) in [5.74, 6) is -0.951. The van der Waals surface area contributed by atoms with Crippen molar-refractivity contribution in [2.75, 3.05) is 25.1 Å². The number of hydrogen-bond donors (Lipinski definition) is 1. The molecule has 0 heterocycles. The first-order chi connectivity index (χ1) is 14.9. The molecule has 1 N–H and O–H groups in total. The first-order valence-electron chi connectivity index (χ1n) is 9.69. The molecule has 0 bridgehead atoms. The number of hydrogen-bond acceptors (Lipinski definition) is 6. The van der Waals surface area contributed by atoms with Gasteiger partial charge in [-0.3, -0.25) is 9.59 Å². The zero-order chi connectivity index (χ0) is 22.6. The molecule has 0 radical (unpaired) electrons. The molecule has 0 aromatic heterocycles. The average Bonchev–Trinajstić information content (AvgIpc) is 2.75. The predicted molar refractivity (Wildman–Crippen MR) is 118 cm³/mol. The van der Waals surface area contributed by atoms with Crippen LogP contribution in [0.2, 0.25) is 10.0 Å². The SMILES string of the molecule is CCCOC(=O)c1ccc(NC(=O)COC(=O)CCCOc2ccc(Cl)cc2Cl)cc1. The van der Waals surface area contributed by atoms with Gasteiger partial charge in [0, 0.05) is 17.1 Å². The Morgan fingerprint density at radius 1 is 0.968 bits per heavy atom. The van der Waals surface area contributed by atoms with Gasteiger partial charge < -0.3 is 19.5 Å². The molecule has 0 fully saturated rings. The lowest BCUT2D eigenvalue weighted by Crippen LogP contribution is -2.21. The van der Waals surface area contributed by atoms with Crippen molar-refractivity contribution in [3.8, 4) is 5.75 Å². The lowest BCUT2D eigenvalue weighted by molar-refractivity contribution is -0.147. The van der Waals surface area contributed by atoms with Crippen molar-refractivity contribution >= 4 is 46.7 Å². The summed E-state index contributed by atoms with van der Waals surface area (Å²) >= 11 is 11.8. The highest BCUT2D eigenvalue weighted by Crippen LogP contribution is 2.27. The summed E-state index contributed by atoms with van der Waals surface area (Å²) < 4.78 is 15.5. The summed E-state index contributed by atoms with van der Waals surface area (Å²) in [5.41, 5.74) is 0.862. The second-order valence-corrected chi connectivity index (χ2v) is 7.29. The summed E-state index contributed by atoms with van der Waals surface area (Å²) in [7, 11) is 0. The molecule has 2 aromatic rings. The van der Waals surface area contributed by atoms with Gasteiger partial charge in [-0.05, 0) is 55.3 Å². The second kappa shape index (κ2) is 12.8. The molecule has 166 valence electrons. The Hall–Kier alpha value is -2.77. The number of halogens is 2. The lowest BCUT2D eigenvalue weighted by Gasteiger charge is -2.09. The zero-order valence-corrected chi connectivity index (χ0v) is 18.5. The van der Waals surface area contributed by atoms with Crippen LogP contribution in [0.25, 0.3) is 0 Å². The fourth-order valence-corrected chi connectivity index (χ4v) is 2.84. The van der Waals surface area contributed by atoms with Gasteiger partial charge in [0.25, 0.3) is 5.91 Å². The van der Waals surface area contributed by atoms with Crippen LogP contribution < -0.4 is 10.1 Å². The third-order valence-corrected chi connectivity index (χ3v) is 4.41. The Morgan fingerprint density at radius 2 is 1.71 bits per heavy atom. The van der Waals surface area contributed by atoms with E-state index in [1.807, 2.05) is 6.92 Å². The molecule has 0 unspecified atom stereocenters. The van der Waals surface area contributed by atoms with E-state index in [1.165, 1.54) is 0 Å². The van der Waals surface area contributed by atoms with Crippen molar-refractivity contribution in [2.24, 2.45) is 0 Å². The molecule has 9 heteroatoms. The maximum absolute atomic E-state index is 11.9. The van der Waals surface area contributed by atoms with Gasteiger partial charge >= 0.3 is 11.9 Å². The van der Waals surface area contributed by atoms with Gasteiger partial charge in [-0.1, -0.05) is 30.1 Å². The van der Waals surface area contributed by atoms with E-state index >= 15 is 0 Å². The normalized spacial score (nSPS) is 10.3. The maximum Gasteiger partial charge on any atom is 0.338 e. The molecule has 0 saturated carbocycles. The molecular weight excluding hydrogens is 445 g/mol. The zero-order valence-electron chi connectivity index (χ0n) is 17.0. The van der Waals surface area contributed by atoms with Crippen LogP contribution in [0.1, 0.15) is 36.5 Å². The van der Waals surface area contributed by atoms with E-state index in [-0.39, 0.29) is 13.0 Å². The molecule has 0 atom stereocenters. The molecule has 2 aromatic carbocycles. The predicted octanol–water partition coefficient (Wildman–Crippen LogP) is 4.90. The summed E-state index contributed by atoms with van der Waals surface area (Å²) in [6, 6.07) is 11.1. The minimum absolute atomic E-state index is 0.0903. The van der Waals surface area contributed by atoms with Gasteiger partial charge in [0.2, 0.25) is 0 Å². The number of anilines is 1. The number of amides is 1.